The van der Waals surface area contributed by atoms with Gasteiger partial charge in [-0.1, -0.05) is 13.3 Å². The van der Waals surface area contributed by atoms with E-state index in [1.165, 1.54) is 25.7 Å². The third-order valence-corrected chi connectivity index (χ3v) is 3.40. The van der Waals surface area contributed by atoms with E-state index in [9.17, 15) is 0 Å². The first-order valence-corrected chi connectivity index (χ1v) is 6.23. The molecule has 0 bridgehead atoms. The number of likely N-dealkylation sites (N-methyl/N-ethyl adjacent to an activating group) is 2. The number of ether oxygens (including phenoxy) is 1. The Kier molecular flexibility index (Phi) is 6.22. The summed E-state index contributed by atoms with van der Waals surface area (Å²) >= 11 is 0. The molecule has 1 aliphatic heterocycles. The van der Waals surface area contributed by atoms with E-state index in [1.807, 2.05) is 7.05 Å². The van der Waals surface area contributed by atoms with Crippen LogP contribution in [-0.4, -0.2) is 50.8 Å². The molecular formula is C12H26N2O. The summed E-state index contributed by atoms with van der Waals surface area (Å²) in [6, 6.07) is 1.41. The van der Waals surface area contributed by atoms with E-state index in [0.717, 1.165) is 25.8 Å². The van der Waals surface area contributed by atoms with Crippen LogP contribution in [0.1, 0.15) is 32.6 Å². The van der Waals surface area contributed by atoms with Gasteiger partial charge < -0.3 is 10.1 Å². The molecule has 0 aromatic rings. The molecule has 0 aliphatic carbocycles. The van der Waals surface area contributed by atoms with Crippen LogP contribution >= 0.6 is 0 Å². The second-order valence-electron chi connectivity index (χ2n) is 4.51. The van der Waals surface area contributed by atoms with Gasteiger partial charge in [0.2, 0.25) is 0 Å². The summed E-state index contributed by atoms with van der Waals surface area (Å²) in [5, 5.41) is 3.30. The van der Waals surface area contributed by atoms with Gasteiger partial charge in [0.25, 0.3) is 0 Å². The topological polar surface area (TPSA) is 24.5 Å². The van der Waals surface area contributed by atoms with Gasteiger partial charge in [-0.15, -0.1) is 0 Å². The second-order valence-corrected chi connectivity index (χ2v) is 4.51. The Labute approximate surface area is 94.2 Å². The molecule has 0 spiro atoms. The van der Waals surface area contributed by atoms with E-state index < -0.39 is 0 Å². The summed E-state index contributed by atoms with van der Waals surface area (Å²) in [7, 11) is 4.31. The van der Waals surface area contributed by atoms with Crippen molar-refractivity contribution in [3.63, 3.8) is 0 Å². The van der Waals surface area contributed by atoms with Crippen molar-refractivity contribution in [3.05, 3.63) is 0 Å². The summed E-state index contributed by atoms with van der Waals surface area (Å²) in [6.45, 7) is 5.24. The van der Waals surface area contributed by atoms with Crippen molar-refractivity contribution in [2.75, 3.05) is 33.9 Å². The highest BCUT2D eigenvalue weighted by Gasteiger charge is 2.23. The Morgan fingerprint density at radius 1 is 1.40 bits per heavy atom. The molecule has 0 radical (unpaired) electrons. The molecular weight excluding hydrogens is 188 g/mol. The SMILES string of the molecule is CCCC(CNC)N(C)C1CCOCC1. The molecule has 1 saturated heterocycles. The fourth-order valence-corrected chi connectivity index (χ4v) is 2.41. The third kappa shape index (κ3) is 4.09. The monoisotopic (exact) mass is 214 g/mol. The summed E-state index contributed by atoms with van der Waals surface area (Å²) in [5.74, 6) is 0. The van der Waals surface area contributed by atoms with Gasteiger partial charge in [0.15, 0.2) is 0 Å². The lowest BCUT2D eigenvalue weighted by molar-refractivity contribution is 0.0272. The average Bonchev–Trinajstić information content (AvgIpc) is 2.29. The predicted octanol–water partition coefficient (Wildman–Crippen LogP) is 1.49. The van der Waals surface area contributed by atoms with Gasteiger partial charge >= 0.3 is 0 Å². The largest absolute Gasteiger partial charge is 0.381 e. The van der Waals surface area contributed by atoms with Crippen molar-refractivity contribution >= 4 is 0 Å². The van der Waals surface area contributed by atoms with Crippen molar-refractivity contribution in [2.45, 2.75) is 44.7 Å². The van der Waals surface area contributed by atoms with Gasteiger partial charge in [-0.25, -0.2) is 0 Å². The smallest absolute Gasteiger partial charge is 0.0480 e. The van der Waals surface area contributed by atoms with Crippen LogP contribution in [0.15, 0.2) is 0 Å². The Morgan fingerprint density at radius 3 is 2.60 bits per heavy atom. The van der Waals surface area contributed by atoms with E-state index in [4.69, 9.17) is 4.74 Å². The highest BCUT2D eigenvalue weighted by atomic mass is 16.5. The molecule has 1 unspecified atom stereocenters. The quantitative estimate of drug-likeness (QED) is 0.725. The van der Waals surface area contributed by atoms with Gasteiger partial charge in [0, 0.05) is 31.8 Å². The molecule has 0 saturated carbocycles. The van der Waals surface area contributed by atoms with Crippen LogP contribution in [-0.2, 0) is 4.74 Å². The maximum absolute atomic E-state index is 5.41. The number of hydrogen-bond acceptors (Lipinski definition) is 3. The Bertz CT molecular complexity index is 152. The van der Waals surface area contributed by atoms with E-state index in [2.05, 4.69) is 24.2 Å². The number of nitrogens with one attached hydrogen (secondary N) is 1. The van der Waals surface area contributed by atoms with E-state index in [-0.39, 0.29) is 0 Å². The summed E-state index contributed by atoms with van der Waals surface area (Å²) < 4.78 is 5.41. The highest BCUT2D eigenvalue weighted by Crippen LogP contribution is 2.17. The summed E-state index contributed by atoms with van der Waals surface area (Å²) in [5.41, 5.74) is 0. The lowest BCUT2D eigenvalue weighted by Crippen LogP contribution is -2.47. The first-order valence-electron chi connectivity index (χ1n) is 6.23. The predicted molar refractivity (Wildman–Crippen MR) is 64.2 cm³/mol. The zero-order valence-corrected chi connectivity index (χ0v) is 10.5. The highest BCUT2D eigenvalue weighted by molar-refractivity contribution is 4.79. The van der Waals surface area contributed by atoms with Gasteiger partial charge in [-0.3, -0.25) is 4.90 Å². The van der Waals surface area contributed by atoms with E-state index in [1.54, 1.807) is 0 Å². The number of nitrogens with zero attached hydrogens (tertiary/aromatic N) is 1. The van der Waals surface area contributed by atoms with E-state index in [0.29, 0.717) is 6.04 Å². The molecule has 1 rings (SSSR count). The fraction of sp³-hybridized carbons (Fsp3) is 1.00. The Morgan fingerprint density at radius 2 is 2.07 bits per heavy atom. The van der Waals surface area contributed by atoms with E-state index >= 15 is 0 Å². The van der Waals surface area contributed by atoms with Gasteiger partial charge in [-0.05, 0) is 33.4 Å². The van der Waals surface area contributed by atoms with Crippen LogP contribution in [0.3, 0.4) is 0 Å². The molecule has 1 fully saturated rings. The molecule has 0 aromatic heterocycles. The van der Waals surface area contributed by atoms with Crippen molar-refractivity contribution < 1.29 is 4.74 Å². The molecule has 3 nitrogen and oxygen atoms in total. The molecule has 1 atom stereocenters. The molecule has 0 aromatic carbocycles. The van der Waals surface area contributed by atoms with Crippen LogP contribution in [0.2, 0.25) is 0 Å². The first kappa shape index (κ1) is 12.9. The van der Waals surface area contributed by atoms with Gasteiger partial charge in [0.1, 0.15) is 0 Å². The Balaban J connectivity index is 2.41. The minimum atomic E-state index is 0.683. The maximum atomic E-state index is 5.41. The third-order valence-electron chi connectivity index (χ3n) is 3.40. The normalized spacial score (nSPS) is 20.8. The van der Waals surface area contributed by atoms with Crippen LogP contribution in [0, 0.1) is 0 Å². The van der Waals surface area contributed by atoms with Crippen LogP contribution in [0.4, 0.5) is 0 Å². The molecule has 15 heavy (non-hydrogen) atoms. The van der Waals surface area contributed by atoms with Crippen molar-refractivity contribution in [2.24, 2.45) is 0 Å². The molecule has 0 amide bonds. The lowest BCUT2D eigenvalue weighted by Gasteiger charge is -2.37. The summed E-state index contributed by atoms with van der Waals surface area (Å²) in [6.07, 6.45) is 4.94. The lowest BCUT2D eigenvalue weighted by atomic mass is 10.0. The zero-order valence-electron chi connectivity index (χ0n) is 10.5. The van der Waals surface area contributed by atoms with Crippen LogP contribution in [0.25, 0.3) is 0 Å². The summed E-state index contributed by atoms with van der Waals surface area (Å²) in [4.78, 5) is 2.56. The molecule has 1 heterocycles. The zero-order chi connectivity index (χ0) is 11.1. The number of rotatable bonds is 6. The first-order chi connectivity index (χ1) is 7.29. The minimum absolute atomic E-state index is 0.683. The maximum Gasteiger partial charge on any atom is 0.0480 e. The van der Waals surface area contributed by atoms with Crippen LogP contribution in [0.5, 0.6) is 0 Å². The van der Waals surface area contributed by atoms with Gasteiger partial charge in [0.05, 0.1) is 0 Å². The fourth-order valence-electron chi connectivity index (χ4n) is 2.41. The second kappa shape index (κ2) is 7.20. The van der Waals surface area contributed by atoms with Crippen molar-refractivity contribution in [1.29, 1.82) is 0 Å². The molecule has 1 N–H and O–H groups in total. The van der Waals surface area contributed by atoms with Crippen LogP contribution < -0.4 is 5.32 Å². The standard InChI is InChI=1S/C12H26N2O/c1-4-5-12(10-13-2)14(3)11-6-8-15-9-7-11/h11-13H,4-10H2,1-3H3. The minimum Gasteiger partial charge on any atom is -0.381 e. The number of hydrogen-bond donors (Lipinski definition) is 1. The molecule has 1 aliphatic rings. The Hall–Kier alpha value is -0.120. The average molecular weight is 214 g/mol. The molecule has 90 valence electrons. The van der Waals surface area contributed by atoms with Crippen molar-refractivity contribution in [1.82, 2.24) is 10.2 Å². The van der Waals surface area contributed by atoms with Gasteiger partial charge in [-0.2, -0.15) is 0 Å². The van der Waals surface area contributed by atoms with Crippen molar-refractivity contribution in [3.8, 4) is 0 Å². The molecule has 3 heteroatoms.